The van der Waals surface area contributed by atoms with Crippen LogP contribution in [0.25, 0.3) is 0 Å². The first-order chi connectivity index (χ1) is 9.22. The van der Waals surface area contributed by atoms with Crippen molar-refractivity contribution in [2.75, 3.05) is 13.1 Å². The maximum absolute atomic E-state index is 12.2. The van der Waals surface area contributed by atoms with Gasteiger partial charge in [0.25, 0.3) is 0 Å². The van der Waals surface area contributed by atoms with Gasteiger partial charge in [0.15, 0.2) is 0 Å². The Balaban J connectivity index is 1.56. The topological polar surface area (TPSA) is 20.3 Å². The molecule has 3 rings (SSSR count). The average molecular weight is 276 g/mol. The number of piperidine rings is 1. The number of benzene rings is 1. The van der Waals surface area contributed by atoms with Crippen LogP contribution in [0.3, 0.4) is 0 Å². The summed E-state index contributed by atoms with van der Waals surface area (Å²) >= 11 is 5.85. The van der Waals surface area contributed by atoms with E-state index in [-0.39, 0.29) is 5.91 Å². The molecule has 0 atom stereocenters. The normalized spacial score (nSPS) is 18.7. The van der Waals surface area contributed by atoms with Crippen molar-refractivity contribution in [1.29, 1.82) is 0 Å². The molecule has 1 saturated heterocycles. The lowest BCUT2D eigenvalue weighted by Crippen LogP contribution is -2.37. The fourth-order valence-corrected chi connectivity index (χ4v) is 2.81. The van der Waals surface area contributed by atoms with Crippen molar-refractivity contribution in [1.82, 2.24) is 4.90 Å². The third-order valence-corrected chi connectivity index (χ3v) is 4.24. The predicted molar refractivity (Wildman–Crippen MR) is 77.2 cm³/mol. The Morgan fingerprint density at radius 1 is 1.00 bits per heavy atom. The molecule has 1 aromatic carbocycles. The van der Waals surface area contributed by atoms with Gasteiger partial charge < -0.3 is 4.90 Å². The number of rotatable bonds is 2. The summed E-state index contributed by atoms with van der Waals surface area (Å²) in [5.41, 5.74) is 4.32. The van der Waals surface area contributed by atoms with Crippen LogP contribution in [0, 0.1) is 0 Å². The summed E-state index contributed by atoms with van der Waals surface area (Å²) in [6, 6.07) is 7.55. The zero-order valence-corrected chi connectivity index (χ0v) is 11.7. The number of likely N-dealkylation sites (tertiary alicyclic amines) is 1. The maximum Gasteiger partial charge on any atom is 0.227 e. The van der Waals surface area contributed by atoms with Crippen LogP contribution in [-0.4, -0.2) is 23.9 Å². The number of halogens is 1. The van der Waals surface area contributed by atoms with E-state index >= 15 is 0 Å². The van der Waals surface area contributed by atoms with E-state index in [4.69, 9.17) is 11.6 Å². The molecule has 1 saturated carbocycles. The zero-order valence-electron chi connectivity index (χ0n) is 11.0. The molecule has 1 aliphatic heterocycles. The number of carbonyl (C=O) groups is 1. The van der Waals surface area contributed by atoms with Crippen LogP contribution in [0.15, 0.2) is 35.4 Å². The summed E-state index contributed by atoms with van der Waals surface area (Å²) in [6.45, 7) is 1.79. The third-order valence-electron chi connectivity index (χ3n) is 3.99. The van der Waals surface area contributed by atoms with Crippen molar-refractivity contribution in [3.8, 4) is 0 Å². The highest BCUT2D eigenvalue weighted by molar-refractivity contribution is 6.30. The molecule has 3 heteroatoms. The van der Waals surface area contributed by atoms with Gasteiger partial charge in [-0.1, -0.05) is 34.9 Å². The zero-order chi connectivity index (χ0) is 13.2. The monoisotopic (exact) mass is 275 g/mol. The molecule has 0 radical (unpaired) electrons. The molecular weight excluding hydrogens is 258 g/mol. The lowest BCUT2D eigenvalue weighted by molar-refractivity contribution is -0.130. The minimum Gasteiger partial charge on any atom is -0.342 e. The fourth-order valence-electron chi connectivity index (χ4n) is 2.68. The number of hydrogen-bond acceptors (Lipinski definition) is 1. The summed E-state index contributed by atoms with van der Waals surface area (Å²) in [5.74, 6) is 0.238. The van der Waals surface area contributed by atoms with Gasteiger partial charge in [-0.25, -0.2) is 0 Å². The molecule has 0 bridgehead atoms. The molecule has 1 heterocycles. The number of nitrogens with zero attached hydrogens (tertiary/aromatic N) is 1. The molecule has 0 unspecified atom stereocenters. The van der Waals surface area contributed by atoms with E-state index in [9.17, 15) is 4.79 Å². The Morgan fingerprint density at radius 3 is 2.16 bits per heavy atom. The van der Waals surface area contributed by atoms with Crippen molar-refractivity contribution in [2.24, 2.45) is 0 Å². The highest BCUT2D eigenvalue weighted by Crippen LogP contribution is 2.36. The molecule has 100 valence electrons. The Kier molecular flexibility index (Phi) is 3.61. The van der Waals surface area contributed by atoms with E-state index in [0.29, 0.717) is 6.42 Å². The minimum absolute atomic E-state index is 0.238. The molecule has 1 aromatic rings. The lowest BCUT2D eigenvalue weighted by atomic mass is 10.0. The molecule has 19 heavy (non-hydrogen) atoms. The van der Waals surface area contributed by atoms with Gasteiger partial charge in [0, 0.05) is 18.1 Å². The molecule has 0 spiro atoms. The van der Waals surface area contributed by atoms with Crippen LogP contribution in [0.1, 0.15) is 31.2 Å². The Hall–Kier alpha value is -1.28. The van der Waals surface area contributed by atoms with Gasteiger partial charge in [-0.05, 0) is 43.4 Å². The van der Waals surface area contributed by atoms with Crippen LogP contribution in [0.5, 0.6) is 0 Å². The Bertz CT molecular complexity index is 502. The minimum atomic E-state index is 0.238. The summed E-state index contributed by atoms with van der Waals surface area (Å²) in [4.78, 5) is 14.2. The summed E-state index contributed by atoms with van der Waals surface area (Å²) in [5, 5.41) is 0.717. The quantitative estimate of drug-likeness (QED) is 0.755. The summed E-state index contributed by atoms with van der Waals surface area (Å²) < 4.78 is 0. The molecule has 1 aliphatic carbocycles. The van der Waals surface area contributed by atoms with E-state index < -0.39 is 0 Å². The molecule has 2 nitrogen and oxygen atoms in total. The number of allylic oxidation sites excluding steroid dienone is 1. The van der Waals surface area contributed by atoms with E-state index in [2.05, 4.69) is 0 Å². The summed E-state index contributed by atoms with van der Waals surface area (Å²) in [6.07, 6.45) is 5.26. The first-order valence-electron chi connectivity index (χ1n) is 6.94. The van der Waals surface area contributed by atoms with Crippen molar-refractivity contribution in [3.63, 3.8) is 0 Å². The van der Waals surface area contributed by atoms with E-state index in [0.717, 1.165) is 36.5 Å². The van der Waals surface area contributed by atoms with Crippen LogP contribution < -0.4 is 0 Å². The highest BCUT2D eigenvalue weighted by atomic mass is 35.5. The second-order valence-electron chi connectivity index (χ2n) is 5.39. The van der Waals surface area contributed by atoms with E-state index in [1.54, 1.807) is 11.1 Å². The first kappa shape index (κ1) is 12.7. The lowest BCUT2D eigenvalue weighted by Gasteiger charge is -2.28. The molecule has 1 amide bonds. The average Bonchev–Trinajstić information content (AvgIpc) is 3.26. The molecule has 2 aliphatic rings. The number of amides is 1. The first-order valence-corrected chi connectivity index (χ1v) is 7.32. The van der Waals surface area contributed by atoms with Crippen molar-refractivity contribution >= 4 is 17.5 Å². The third kappa shape index (κ3) is 3.19. The van der Waals surface area contributed by atoms with Crippen LogP contribution in [-0.2, 0) is 11.2 Å². The second kappa shape index (κ2) is 5.38. The predicted octanol–water partition coefficient (Wildman–Crippen LogP) is 3.60. The second-order valence-corrected chi connectivity index (χ2v) is 5.83. The Morgan fingerprint density at radius 2 is 1.58 bits per heavy atom. The number of hydrogen-bond donors (Lipinski definition) is 0. The Labute approximate surface area is 119 Å². The molecular formula is C16H18ClNO. The maximum atomic E-state index is 12.2. The van der Waals surface area contributed by atoms with Gasteiger partial charge >= 0.3 is 0 Å². The van der Waals surface area contributed by atoms with Gasteiger partial charge in [-0.2, -0.15) is 0 Å². The van der Waals surface area contributed by atoms with Gasteiger partial charge in [0.1, 0.15) is 0 Å². The van der Waals surface area contributed by atoms with Crippen LogP contribution in [0.2, 0.25) is 5.02 Å². The highest BCUT2D eigenvalue weighted by Gasteiger charge is 2.24. The standard InChI is InChI=1S/C16H18ClNO/c17-15-5-1-12(2-6-15)11-16(19)18-9-7-14(8-10-18)13-3-4-13/h1-2,5-6H,3-4,7-11H2. The van der Waals surface area contributed by atoms with Crippen LogP contribution >= 0.6 is 11.6 Å². The van der Waals surface area contributed by atoms with Gasteiger partial charge in [-0.15, -0.1) is 0 Å². The van der Waals surface area contributed by atoms with Crippen molar-refractivity contribution < 1.29 is 4.79 Å². The smallest absolute Gasteiger partial charge is 0.227 e. The molecule has 2 fully saturated rings. The van der Waals surface area contributed by atoms with Gasteiger partial charge in [0.05, 0.1) is 6.42 Å². The van der Waals surface area contributed by atoms with Gasteiger partial charge in [0.2, 0.25) is 5.91 Å². The van der Waals surface area contributed by atoms with Gasteiger partial charge in [-0.3, -0.25) is 4.79 Å². The molecule has 0 N–H and O–H groups in total. The SMILES string of the molecule is O=C(Cc1ccc(Cl)cc1)N1CCC(=C2CC2)CC1. The van der Waals surface area contributed by atoms with E-state index in [1.165, 1.54) is 12.8 Å². The fraction of sp³-hybridized carbons (Fsp3) is 0.438. The van der Waals surface area contributed by atoms with E-state index in [1.807, 2.05) is 29.2 Å². The molecule has 0 aromatic heterocycles. The van der Waals surface area contributed by atoms with Crippen LogP contribution in [0.4, 0.5) is 0 Å². The van der Waals surface area contributed by atoms with Crippen molar-refractivity contribution in [3.05, 3.63) is 46.0 Å². The largest absolute Gasteiger partial charge is 0.342 e. The van der Waals surface area contributed by atoms with Crippen molar-refractivity contribution in [2.45, 2.75) is 32.1 Å². The summed E-state index contributed by atoms with van der Waals surface area (Å²) in [7, 11) is 0. The number of carbonyl (C=O) groups excluding carboxylic acids is 1.